The van der Waals surface area contributed by atoms with Crippen LogP contribution in [-0.4, -0.2) is 23.5 Å². The minimum atomic E-state index is 0.0230. The van der Waals surface area contributed by atoms with Crippen LogP contribution in [0, 0.1) is 0 Å². The second-order valence-corrected chi connectivity index (χ2v) is 6.28. The number of benzene rings is 1. The van der Waals surface area contributed by atoms with Crippen LogP contribution < -0.4 is 4.74 Å². The van der Waals surface area contributed by atoms with Crippen molar-refractivity contribution in [3.63, 3.8) is 0 Å². The summed E-state index contributed by atoms with van der Waals surface area (Å²) in [6.45, 7) is 5.10. The van der Waals surface area contributed by atoms with Gasteiger partial charge in [-0.3, -0.25) is 0 Å². The van der Waals surface area contributed by atoms with Crippen LogP contribution in [0.25, 0.3) is 0 Å². The first kappa shape index (κ1) is 12.4. The summed E-state index contributed by atoms with van der Waals surface area (Å²) in [5.41, 5.74) is 1.30. The van der Waals surface area contributed by atoms with Gasteiger partial charge >= 0.3 is 0 Å². The van der Waals surface area contributed by atoms with Crippen molar-refractivity contribution in [3.8, 4) is 5.75 Å². The van der Waals surface area contributed by atoms with Crippen molar-refractivity contribution in [2.24, 2.45) is 0 Å². The molecule has 1 aromatic carbocycles. The SMILES string of the molecule is C=CCOc1ccc(C2([SiH3])CCCCO2)cc1. The molecule has 1 aliphatic rings. The summed E-state index contributed by atoms with van der Waals surface area (Å²) in [6, 6.07) is 8.32. The largest absolute Gasteiger partial charge is 0.490 e. The lowest BCUT2D eigenvalue weighted by Crippen LogP contribution is -2.33. The molecular weight excluding hydrogens is 228 g/mol. The maximum Gasteiger partial charge on any atom is 0.119 e. The maximum absolute atomic E-state index is 5.98. The summed E-state index contributed by atoms with van der Waals surface area (Å²) in [7, 11) is 1.04. The van der Waals surface area contributed by atoms with E-state index in [-0.39, 0.29) is 5.22 Å². The van der Waals surface area contributed by atoms with Crippen molar-refractivity contribution < 1.29 is 9.47 Å². The highest BCUT2D eigenvalue weighted by molar-refractivity contribution is 6.14. The van der Waals surface area contributed by atoms with Gasteiger partial charge in [0.25, 0.3) is 0 Å². The lowest BCUT2D eigenvalue weighted by atomic mass is 10.0. The molecule has 0 bridgehead atoms. The lowest BCUT2D eigenvalue weighted by Gasteiger charge is -2.34. The molecule has 1 unspecified atom stereocenters. The molecule has 0 saturated carbocycles. The zero-order valence-electron chi connectivity index (χ0n) is 10.4. The van der Waals surface area contributed by atoms with Gasteiger partial charge in [0, 0.05) is 16.8 Å². The second kappa shape index (κ2) is 5.51. The molecule has 0 amide bonds. The molecule has 0 aliphatic carbocycles. The second-order valence-electron chi connectivity index (χ2n) is 4.66. The van der Waals surface area contributed by atoms with Gasteiger partial charge in [-0.05, 0) is 37.0 Å². The average Bonchev–Trinajstić information content (AvgIpc) is 2.38. The summed E-state index contributed by atoms with van der Waals surface area (Å²) in [5, 5.41) is 0.0230. The Balaban J connectivity index is 2.08. The number of hydrogen-bond donors (Lipinski definition) is 0. The van der Waals surface area contributed by atoms with Crippen LogP contribution in [-0.2, 0) is 9.96 Å². The molecule has 92 valence electrons. The molecule has 0 N–H and O–H groups in total. The van der Waals surface area contributed by atoms with E-state index >= 15 is 0 Å². The third-order valence-corrected chi connectivity index (χ3v) is 4.67. The van der Waals surface area contributed by atoms with Crippen LogP contribution >= 0.6 is 0 Å². The van der Waals surface area contributed by atoms with E-state index in [0.29, 0.717) is 6.61 Å². The Labute approximate surface area is 106 Å². The standard InChI is InChI=1S/C14H20O2Si/c1-2-10-15-13-7-5-12(6-8-13)14(17)9-3-4-11-16-14/h2,5-8H,1,3-4,9-11H2,17H3. The third-order valence-electron chi connectivity index (χ3n) is 3.30. The Kier molecular flexibility index (Phi) is 4.02. The van der Waals surface area contributed by atoms with Crippen LogP contribution in [0.3, 0.4) is 0 Å². The van der Waals surface area contributed by atoms with Crippen molar-refractivity contribution in [1.82, 2.24) is 0 Å². The molecule has 1 aromatic rings. The monoisotopic (exact) mass is 248 g/mol. The molecule has 2 rings (SSSR count). The highest BCUT2D eigenvalue weighted by Crippen LogP contribution is 2.32. The molecule has 0 radical (unpaired) electrons. The topological polar surface area (TPSA) is 18.5 Å². The number of hydrogen-bond acceptors (Lipinski definition) is 2. The molecule has 1 atom stereocenters. The van der Waals surface area contributed by atoms with Crippen LogP contribution in [0.2, 0.25) is 0 Å². The van der Waals surface area contributed by atoms with Gasteiger partial charge in [-0.2, -0.15) is 0 Å². The van der Waals surface area contributed by atoms with Gasteiger partial charge in [-0.1, -0.05) is 24.8 Å². The van der Waals surface area contributed by atoms with Crippen LogP contribution in [0.15, 0.2) is 36.9 Å². The maximum atomic E-state index is 5.98. The molecule has 1 heterocycles. The minimum Gasteiger partial charge on any atom is -0.490 e. The molecule has 17 heavy (non-hydrogen) atoms. The Hall–Kier alpha value is -1.06. The van der Waals surface area contributed by atoms with E-state index in [1.54, 1.807) is 6.08 Å². The quantitative estimate of drug-likeness (QED) is 0.599. The van der Waals surface area contributed by atoms with Crippen molar-refractivity contribution in [3.05, 3.63) is 42.5 Å². The van der Waals surface area contributed by atoms with E-state index in [0.717, 1.165) is 29.0 Å². The van der Waals surface area contributed by atoms with Crippen molar-refractivity contribution in [2.45, 2.75) is 24.5 Å². The summed E-state index contributed by atoms with van der Waals surface area (Å²) in [5.74, 6) is 0.898. The molecular formula is C14H20O2Si. The zero-order valence-corrected chi connectivity index (χ0v) is 12.4. The third kappa shape index (κ3) is 2.99. The van der Waals surface area contributed by atoms with Crippen LogP contribution in [0.5, 0.6) is 5.75 Å². The van der Waals surface area contributed by atoms with E-state index in [1.165, 1.54) is 18.4 Å². The minimum absolute atomic E-state index is 0.0230. The molecule has 0 spiro atoms. The van der Waals surface area contributed by atoms with Gasteiger partial charge in [-0.15, -0.1) is 0 Å². The fourth-order valence-electron chi connectivity index (χ4n) is 2.22. The highest BCUT2D eigenvalue weighted by Gasteiger charge is 2.29. The first-order chi connectivity index (χ1) is 8.24. The van der Waals surface area contributed by atoms with E-state index in [1.807, 2.05) is 12.1 Å². The number of rotatable bonds is 4. The fourth-order valence-corrected chi connectivity index (χ4v) is 3.11. The zero-order chi connectivity index (χ0) is 12.1. The van der Waals surface area contributed by atoms with Crippen molar-refractivity contribution in [2.75, 3.05) is 13.2 Å². The van der Waals surface area contributed by atoms with Gasteiger partial charge in [0.15, 0.2) is 0 Å². The predicted molar refractivity (Wildman–Crippen MR) is 73.6 cm³/mol. The Morgan fingerprint density at radius 2 is 2.12 bits per heavy atom. The number of ether oxygens (including phenoxy) is 2. The summed E-state index contributed by atoms with van der Waals surface area (Å²) >= 11 is 0. The molecule has 2 nitrogen and oxygen atoms in total. The van der Waals surface area contributed by atoms with Gasteiger partial charge in [-0.25, -0.2) is 0 Å². The summed E-state index contributed by atoms with van der Waals surface area (Å²) in [4.78, 5) is 0. The Morgan fingerprint density at radius 3 is 2.71 bits per heavy atom. The molecule has 1 aliphatic heterocycles. The molecule has 3 heteroatoms. The molecule has 0 aromatic heterocycles. The van der Waals surface area contributed by atoms with E-state index in [9.17, 15) is 0 Å². The van der Waals surface area contributed by atoms with Crippen LogP contribution in [0.1, 0.15) is 24.8 Å². The first-order valence-electron chi connectivity index (χ1n) is 6.23. The first-order valence-corrected chi connectivity index (χ1v) is 7.23. The normalized spacial score (nSPS) is 24.5. The summed E-state index contributed by atoms with van der Waals surface area (Å²) < 4.78 is 11.5. The Morgan fingerprint density at radius 1 is 1.35 bits per heavy atom. The molecule has 1 fully saturated rings. The lowest BCUT2D eigenvalue weighted by molar-refractivity contribution is -0.0210. The fraction of sp³-hybridized carbons (Fsp3) is 0.429. The average molecular weight is 248 g/mol. The smallest absolute Gasteiger partial charge is 0.119 e. The Bertz CT molecular complexity index is 366. The van der Waals surface area contributed by atoms with E-state index in [4.69, 9.17) is 9.47 Å². The van der Waals surface area contributed by atoms with Gasteiger partial charge in [0.1, 0.15) is 12.4 Å². The van der Waals surface area contributed by atoms with Crippen molar-refractivity contribution in [1.29, 1.82) is 0 Å². The van der Waals surface area contributed by atoms with Gasteiger partial charge in [0.2, 0.25) is 0 Å². The van der Waals surface area contributed by atoms with E-state index in [2.05, 4.69) is 18.7 Å². The van der Waals surface area contributed by atoms with Gasteiger partial charge < -0.3 is 9.47 Å². The summed E-state index contributed by atoms with van der Waals surface area (Å²) in [6.07, 6.45) is 5.39. The van der Waals surface area contributed by atoms with Crippen molar-refractivity contribution >= 4 is 10.2 Å². The van der Waals surface area contributed by atoms with Crippen LogP contribution in [0.4, 0.5) is 0 Å². The predicted octanol–water partition coefficient (Wildman–Crippen LogP) is 1.97. The van der Waals surface area contributed by atoms with Gasteiger partial charge in [0.05, 0.1) is 5.22 Å². The van der Waals surface area contributed by atoms with E-state index < -0.39 is 0 Å². The highest BCUT2D eigenvalue weighted by atomic mass is 28.1. The molecule has 1 saturated heterocycles.